The Hall–Kier alpha value is -4.34. The van der Waals surface area contributed by atoms with Crippen LogP contribution >= 0.6 is 11.6 Å². The first-order chi connectivity index (χ1) is 22.7. The number of halogens is 1. The molecular formula is C37H40ClN3O5S. The summed E-state index contributed by atoms with van der Waals surface area (Å²) < 4.78 is 33.2. The van der Waals surface area contributed by atoms with Gasteiger partial charge in [0, 0.05) is 24.0 Å². The van der Waals surface area contributed by atoms with Gasteiger partial charge >= 0.3 is 0 Å². The van der Waals surface area contributed by atoms with Crippen molar-refractivity contribution in [3.8, 4) is 11.5 Å². The van der Waals surface area contributed by atoms with E-state index in [1.165, 1.54) is 4.90 Å². The number of benzene rings is 4. The lowest BCUT2D eigenvalue weighted by molar-refractivity contribution is -0.140. The number of para-hydroxylation sites is 1. The topological polar surface area (TPSA) is 96.0 Å². The number of hydrogen-bond donors (Lipinski definition) is 1. The highest BCUT2D eigenvalue weighted by molar-refractivity contribution is 7.92. The highest BCUT2D eigenvalue weighted by Crippen LogP contribution is 2.27. The molecule has 5 rings (SSSR count). The Morgan fingerprint density at radius 1 is 0.830 bits per heavy atom. The number of nitrogens with one attached hydrogen (secondary N) is 1. The smallest absolute Gasteiger partial charge is 0.244 e. The van der Waals surface area contributed by atoms with E-state index in [9.17, 15) is 18.0 Å². The molecule has 0 saturated heterocycles. The van der Waals surface area contributed by atoms with Crippen LogP contribution in [0.2, 0.25) is 5.02 Å². The van der Waals surface area contributed by atoms with E-state index in [0.717, 1.165) is 48.2 Å². The van der Waals surface area contributed by atoms with Gasteiger partial charge in [-0.3, -0.25) is 13.9 Å². The number of carbonyl (C=O) groups is 2. The van der Waals surface area contributed by atoms with Gasteiger partial charge in [0.1, 0.15) is 24.1 Å². The normalized spacial score (nSPS) is 14.2. The fourth-order valence-electron chi connectivity index (χ4n) is 5.83. The first-order valence-corrected chi connectivity index (χ1v) is 18.1. The molecule has 0 aromatic heterocycles. The maximum Gasteiger partial charge on any atom is 0.244 e. The summed E-state index contributed by atoms with van der Waals surface area (Å²) in [6.45, 7) is -0.486. The van der Waals surface area contributed by atoms with Crippen molar-refractivity contribution in [1.82, 2.24) is 10.2 Å². The SMILES string of the molecule is CS(=O)(=O)N(CC(=O)N(Cc1ccccc1Cl)C(Cc1ccccc1)C(=O)NC1CCCCC1)c1ccc(Oc2ccccc2)cc1. The van der Waals surface area contributed by atoms with Gasteiger partial charge in [0.2, 0.25) is 21.8 Å². The van der Waals surface area contributed by atoms with E-state index in [1.54, 1.807) is 42.5 Å². The summed E-state index contributed by atoms with van der Waals surface area (Å²) in [5.41, 5.74) is 1.83. The van der Waals surface area contributed by atoms with Gasteiger partial charge in [0.05, 0.1) is 11.9 Å². The van der Waals surface area contributed by atoms with Crippen molar-refractivity contribution in [3.63, 3.8) is 0 Å². The zero-order valence-electron chi connectivity index (χ0n) is 26.4. The predicted octanol–water partition coefficient (Wildman–Crippen LogP) is 6.99. The second kappa shape index (κ2) is 16.0. The first kappa shape index (κ1) is 34.0. The van der Waals surface area contributed by atoms with Gasteiger partial charge in [0.25, 0.3) is 0 Å². The molecule has 8 nitrogen and oxygen atoms in total. The van der Waals surface area contributed by atoms with Crippen LogP contribution in [0.3, 0.4) is 0 Å². The van der Waals surface area contributed by atoms with Crippen molar-refractivity contribution in [2.45, 2.75) is 57.2 Å². The fraction of sp³-hybridized carbons (Fsp3) is 0.297. The minimum absolute atomic E-state index is 0.0234. The Labute approximate surface area is 282 Å². The monoisotopic (exact) mass is 673 g/mol. The summed E-state index contributed by atoms with van der Waals surface area (Å²) in [6.07, 6.45) is 6.29. The van der Waals surface area contributed by atoms with Crippen LogP contribution in [-0.2, 0) is 32.6 Å². The Bertz CT molecular complexity index is 1730. The summed E-state index contributed by atoms with van der Waals surface area (Å²) in [6, 6.07) is 31.5. The zero-order chi connectivity index (χ0) is 33.2. The van der Waals surface area contributed by atoms with Crippen molar-refractivity contribution in [1.29, 1.82) is 0 Å². The maximum absolute atomic E-state index is 14.4. The van der Waals surface area contributed by atoms with Crippen molar-refractivity contribution in [3.05, 3.63) is 125 Å². The van der Waals surface area contributed by atoms with Crippen LogP contribution in [0.5, 0.6) is 11.5 Å². The lowest BCUT2D eigenvalue weighted by Crippen LogP contribution is -2.55. The summed E-state index contributed by atoms with van der Waals surface area (Å²) >= 11 is 6.56. The molecule has 0 heterocycles. The van der Waals surface area contributed by atoms with Crippen molar-refractivity contribution < 1.29 is 22.7 Å². The van der Waals surface area contributed by atoms with Gasteiger partial charge in [0.15, 0.2) is 0 Å². The number of carbonyl (C=O) groups excluding carboxylic acids is 2. The molecule has 0 aliphatic heterocycles. The molecule has 4 aromatic rings. The number of anilines is 1. The Morgan fingerprint density at radius 2 is 1.43 bits per heavy atom. The summed E-state index contributed by atoms with van der Waals surface area (Å²) in [5.74, 6) is 0.359. The molecule has 0 radical (unpaired) electrons. The molecule has 0 bridgehead atoms. The molecule has 1 N–H and O–H groups in total. The van der Waals surface area contributed by atoms with Gasteiger partial charge in [-0.25, -0.2) is 8.42 Å². The second-order valence-corrected chi connectivity index (χ2v) is 14.2. The highest BCUT2D eigenvalue weighted by atomic mass is 35.5. The number of hydrogen-bond acceptors (Lipinski definition) is 5. The van der Waals surface area contributed by atoms with Crippen LogP contribution in [0.1, 0.15) is 43.2 Å². The number of ether oxygens (including phenoxy) is 1. The number of rotatable bonds is 13. The Morgan fingerprint density at radius 3 is 2.06 bits per heavy atom. The Balaban J connectivity index is 1.46. The third-order valence-electron chi connectivity index (χ3n) is 8.30. The molecule has 1 saturated carbocycles. The zero-order valence-corrected chi connectivity index (χ0v) is 28.0. The van der Waals surface area contributed by atoms with E-state index in [0.29, 0.717) is 27.8 Å². The number of sulfonamides is 1. The molecule has 1 fully saturated rings. The van der Waals surface area contributed by atoms with E-state index < -0.39 is 28.5 Å². The molecule has 10 heteroatoms. The molecule has 1 aliphatic carbocycles. The third-order valence-corrected chi connectivity index (χ3v) is 9.81. The van der Waals surface area contributed by atoms with Crippen molar-refractivity contribution >= 4 is 39.1 Å². The summed E-state index contributed by atoms with van der Waals surface area (Å²) in [7, 11) is -3.91. The standard InChI is InChI=1S/C37H40ClN3O5S/c1-47(44,45)41(31-21-23-33(24-22-31)46-32-18-9-4-10-19-32)27-36(42)40(26-29-15-11-12-20-34(29)38)35(25-28-13-5-2-6-14-28)37(43)39-30-16-7-3-8-17-30/h2,4-6,9-15,18-24,30,35H,3,7-8,16-17,25-27H2,1H3,(H,39,43). The van der Waals surface area contributed by atoms with E-state index in [4.69, 9.17) is 16.3 Å². The van der Waals surface area contributed by atoms with Gasteiger partial charge < -0.3 is 15.0 Å². The summed E-state index contributed by atoms with van der Waals surface area (Å²) in [5, 5.41) is 3.65. The molecule has 0 spiro atoms. The molecule has 1 unspecified atom stereocenters. The van der Waals surface area contributed by atoms with Gasteiger partial charge in [-0.2, -0.15) is 0 Å². The van der Waals surface area contributed by atoms with Gasteiger partial charge in [-0.1, -0.05) is 97.6 Å². The minimum Gasteiger partial charge on any atom is -0.457 e. The van der Waals surface area contributed by atoms with Crippen molar-refractivity contribution in [2.24, 2.45) is 0 Å². The van der Waals surface area contributed by atoms with Crippen LogP contribution in [0, 0.1) is 0 Å². The molecule has 2 amide bonds. The highest BCUT2D eigenvalue weighted by Gasteiger charge is 2.34. The third kappa shape index (κ3) is 9.59. The minimum atomic E-state index is -3.91. The van der Waals surface area contributed by atoms with E-state index in [1.807, 2.05) is 66.7 Å². The second-order valence-electron chi connectivity index (χ2n) is 11.8. The lowest BCUT2D eigenvalue weighted by atomic mass is 9.94. The van der Waals surface area contributed by atoms with Crippen LogP contribution < -0.4 is 14.4 Å². The number of amides is 2. The maximum atomic E-state index is 14.4. The van der Waals surface area contributed by atoms with Crippen LogP contribution in [0.25, 0.3) is 0 Å². The fourth-order valence-corrected chi connectivity index (χ4v) is 6.87. The van der Waals surface area contributed by atoms with Crippen molar-refractivity contribution in [2.75, 3.05) is 17.1 Å². The first-order valence-electron chi connectivity index (χ1n) is 15.9. The van der Waals surface area contributed by atoms with Crippen LogP contribution in [0.15, 0.2) is 109 Å². The van der Waals surface area contributed by atoms with Crippen LogP contribution in [0.4, 0.5) is 5.69 Å². The molecule has 1 aliphatic rings. The van der Waals surface area contributed by atoms with E-state index in [-0.39, 0.29) is 24.9 Å². The molecule has 246 valence electrons. The van der Waals surface area contributed by atoms with Gasteiger partial charge in [-0.15, -0.1) is 0 Å². The van der Waals surface area contributed by atoms with E-state index >= 15 is 0 Å². The van der Waals surface area contributed by atoms with Gasteiger partial charge in [-0.05, 0) is 66.4 Å². The predicted molar refractivity (Wildman–Crippen MR) is 186 cm³/mol. The molecule has 47 heavy (non-hydrogen) atoms. The number of nitrogens with zero attached hydrogens (tertiary/aromatic N) is 2. The quantitative estimate of drug-likeness (QED) is 0.165. The lowest BCUT2D eigenvalue weighted by Gasteiger charge is -2.35. The van der Waals surface area contributed by atoms with E-state index in [2.05, 4.69) is 5.32 Å². The Kier molecular flexibility index (Phi) is 11.6. The molecular weight excluding hydrogens is 634 g/mol. The average molecular weight is 674 g/mol. The summed E-state index contributed by atoms with van der Waals surface area (Å²) in [4.78, 5) is 30.0. The van der Waals surface area contributed by atoms with Crippen LogP contribution in [-0.4, -0.2) is 50.0 Å². The largest absolute Gasteiger partial charge is 0.457 e. The average Bonchev–Trinajstić information content (AvgIpc) is 3.07. The molecule has 4 aromatic carbocycles. The molecule has 1 atom stereocenters.